The SMILES string of the molecule is CN=C(N)c1ccc(N2CCN(CC3=C(c4ccc(C)cc4)CCC=C3)CC2)cc1. The maximum absolute atomic E-state index is 5.91. The lowest BCUT2D eigenvalue weighted by Gasteiger charge is -2.37. The number of piperazine rings is 1. The third kappa shape index (κ3) is 4.65. The van der Waals surface area contributed by atoms with Crippen LogP contribution in [0.25, 0.3) is 5.57 Å². The minimum Gasteiger partial charge on any atom is -0.384 e. The summed E-state index contributed by atoms with van der Waals surface area (Å²) in [5.41, 5.74) is 13.9. The predicted molar refractivity (Wildman–Crippen MR) is 128 cm³/mol. The van der Waals surface area contributed by atoms with Crippen LogP contribution in [0.5, 0.6) is 0 Å². The average Bonchev–Trinajstić information content (AvgIpc) is 2.80. The van der Waals surface area contributed by atoms with Gasteiger partial charge in [0.15, 0.2) is 0 Å². The van der Waals surface area contributed by atoms with Crippen molar-refractivity contribution < 1.29 is 0 Å². The van der Waals surface area contributed by atoms with Crippen LogP contribution in [0, 0.1) is 6.92 Å². The molecule has 30 heavy (non-hydrogen) atoms. The molecule has 0 amide bonds. The highest BCUT2D eigenvalue weighted by molar-refractivity contribution is 5.97. The third-order valence-corrected chi connectivity index (χ3v) is 6.20. The first kappa shape index (κ1) is 20.4. The van der Waals surface area contributed by atoms with Crippen molar-refractivity contribution >= 4 is 17.1 Å². The molecular weight excluding hydrogens is 368 g/mol. The van der Waals surface area contributed by atoms with E-state index >= 15 is 0 Å². The van der Waals surface area contributed by atoms with Crippen molar-refractivity contribution in [3.63, 3.8) is 0 Å². The number of nitrogens with two attached hydrogens (primary N) is 1. The molecule has 0 atom stereocenters. The number of hydrogen-bond donors (Lipinski definition) is 1. The molecule has 1 saturated heterocycles. The highest BCUT2D eigenvalue weighted by Crippen LogP contribution is 2.29. The summed E-state index contributed by atoms with van der Waals surface area (Å²) in [5.74, 6) is 0.588. The third-order valence-electron chi connectivity index (χ3n) is 6.20. The van der Waals surface area contributed by atoms with Crippen molar-refractivity contribution in [3.05, 3.63) is 82.9 Å². The highest BCUT2D eigenvalue weighted by Gasteiger charge is 2.20. The Balaban J connectivity index is 1.40. The Morgan fingerprint density at radius 3 is 2.33 bits per heavy atom. The first-order chi connectivity index (χ1) is 14.6. The van der Waals surface area contributed by atoms with Gasteiger partial charge < -0.3 is 10.6 Å². The van der Waals surface area contributed by atoms with Crippen LogP contribution in [0.4, 0.5) is 5.69 Å². The fourth-order valence-electron chi connectivity index (χ4n) is 4.32. The van der Waals surface area contributed by atoms with Gasteiger partial charge in [-0.1, -0.05) is 42.0 Å². The van der Waals surface area contributed by atoms with E-state index in [0.29, 0.717) is 5.84 Å². The van der Waals surface area contributed by atoms with E-state index in [-0.39, 0.29) is 0 Å². The van der Waals surface area contributed by atoms with Gasteiger partial charge in [-0.2, -0.15) is 0 Å². The van der Waals surface area contributed by atoms with Gasteiger partial charge in [0, 0.05) is 51.0 Å². The summed E-state index contributed by atoms with van der Waals surface area (Å²) < 4.78 is 0. The maximum Gasteiger partial charge on any atom is 0.125 e. The van der Waals surface area contributed by atoms with E-state index in [1.165, 1.54) is 28.0 Å². The van der Waals surface area contributed by atoms with Gasteiger partial charge in [0.05, 0.1) is 0 Å². The smallest absolute Gasteiger partial charge is 0.125 e. The lowest BCUT2D eigenvalue weighted by Crippen LogP contribution is -2.47. The number of aryl methyl sites for hydroxylation is 1. The van der Waals surface area contributed by atoms with E-state index in [0.717, 1.165) is 51.1 Å². The van der Waals surface area contributed by atoms with Crippen molar-refractivity contribution in [2.75, 3.05) is 44.7 Å². The van der Waals surface area contributed by atoms with Crippen molar-refractivity contribution in [1.29, 1.82) is 0 Å². The summed E-state index contributed by atoms with van der Waals surface area (Å²) in [7, 11) is 1.73. The number of rotatable bonds is 5. The Morgan fingerprint density at radius 1 is 0.967 bits per heavy atom. The number of nitrogens with zero attached hydrogens (tertiary/aromatic N) is 3. The highest BCUT2D eigenvalue weighted by atomic mass is 15.3. The van der Waals surface area contributed by atoms with Crippen LogP contribution in [-0.4, -0.2) is 50.5 Å². The summed E-state index contributed by atoms with van der Waals surface area (Å²) in [6.45, 7) is 7.45. The number of aliphatic imine (C=N–C) groups is 1. The molecule has 2 aliphatic rings. The van der Waals surface area contributed by atoms with E-state index in [4.69, 9.17) is 5.73 Å². The zero-order chi connectivity index (χ0) is 20.9. The number of amidine groups is 1. The van der Waals surface area contributed by atoms with Gasteiger partial charge in [-0.25, -0.2) is 0 Å². The van der Waals surface area contributed by atoms with Crippen molar-refractivity contribution in [3.8, 4) is 0 Å². The van der Waals surface area contributed by atoms with E-state index in [1.807, 2.05) is 0 Å². The van der Waals surface area contributed by atoms with E-state index in [1.54, 1.807) is 7.05 Å². The zero-order valence-electron chi connectivity index (χ0n) is 18.1. The zero-order valence-corrected chi connectivity index (χ0v) is 18.1. The van der Waals surface area contributed by atoms with Crippen LogP contribution >= 0.6 is 0 Å². The fourth-order valence-corrected chi connectivity index (χ4v) is 4.32. The molecule has 1 heterocycles. The van der Waals surface area contributed by atoms with Crippen molar-refractivity contribution in [2.24, 2.45) is 10.7 Å². The Bertz CT molecular complexity index is 944. The molecule has 4 nitrogen and oxygen atoms in total. The molecule has 156 valence electrons. The number of benzene rings is 2. The molecule has 4 rings (SSSR count). The van der Waals surface area contributed by atoms with Crippen LogP contribution in [-0.2, 0) is 0 Å². The molecule has 2 N–H and O–H groups in total. The largest absolute Gasteiger partial charge is 0.384 e. The molecule has 2 aromatic rings. The summed E-state index contributed by atoms with van der Waals surface area (Å²) in [6, 6.07) is 17.5. The molecule has 0 unspecified atom stereocenters. The molecule has 1 fully saturated rings. The quantitative estimate of drug-likeness (QED) is 0.603. The predicted octanol–water partition coefficient (Wildman–Crippen LogP) is 4.26. The van der Waals surface area contributed by atoms with Crippen LogP contribution in [0.1, 0.15) is 29.5 Å². The Hall–Kier alpha value is -2.85. The average molecular weight is 401 g/mol. The van der Waals surface area contributed by atoms with Crippen LogP contribution < -0.4 is 10.6 Å². The van der Waals surface area contributed by atoms with Gasteiger partial charge in [-0.15, -0.1) is 0 Å². The molecule has 0 spiro atoms. The van der Waals surface area contributed by atoms with E-state index in [2.05, 4.69) is 82.4 Å². The molecular formula is C26H32N4. The standard InChI is InChI=1S/C26H32N4/c1-20-7-9-21(10-8-20)25-6-4-3-5-23(25)19-29-15-17-30(18-16-29)24-13-11-22(12-14-24)26(27)28-2/h3,5,7-14H,4,6,15-19H2,1-2H3,(H2,27,28). The number of allylic oxidation sites excluding steroid dienone is 2. The number of hydrogen-bond acceptors (Lipinski definition) is 3. The minimum absolute atomic E-state index is 0.588. The van der Waals surface area contributed by atoms with Gasteiger partial charge in [0.25, 0.3) is 0 Å². The van der Waals surface area contributed by atoms with Crippen molar-refractivity contribution in [2.45, 2.75) is 19.8 Å². The van der Waals surface area contributed by atoms with E-state index < -0.39 is 0 Å². The van der Waals surface area contributed by atoms with Gasteiger partial charge in [-0.05, 0) is 60.7 Å². The van der Waals surface area contributed by atoms with Gasteiger partial charge in [0.1, 0.15) is 5.84 Å². The lowest BCUT2D eigenvalue weighted by molar-refractivity contribution is 0.280. The van der Waals surface area contributed by atoms with E-state index in [9.17, 15) is 0 Å². The van der Waals surface area contributed by atoms with Gasteiger partial charge in [-0.3, -0.25) is 9.89 Å². The Morgan fingerprint density at radius 2 is 1.67 bits per heavy atom. The van der Waals surface area contributed by atoms with Gasteiger partial charge in [0.2, 0.25) is 0 Å². The first-order valence-corrected chi connectivity index (χ1v) is 10.9. The second-order valence-corrected chi connectivity index (χ2v) is 8.23. The summed E-state index contributed by atoms with van der Waals surface area (Å²) >= 11 is 0. The molecule has 0 aromatic heterocycles. The lowest BCUT2D eigenvalue weighted by atomic mass is 9.91. The summed E-state index contributed by atoms with van der Waals surface area (Å²) in [5, 5.41) is 0. The van der Waals surface area contributed by atoms with Crippen molar-refractivity contribution in [1.82, 2.24) is 4.90 Å². The molecule has 0 radical (unpaired) electrons. The monoisotopic (exact) mass is 400 g/mol. The van der Waals surface area contributed by atoms with Crippen LogP contribution in [0.15, 0.2) is 71.2 Å². The molecule has 1 aliphatic carbocycles. The minimum atomic E-state index is 0.588. The fraction of sp³-hybridized carbons (Fsp3) is 0.346. The number of anilines is 1. The second-order valence-electron chi connectivity index (χ2n) is 8.23. The molecule has 0 saturated carbocycles. The first-order valence-electron chi connectivity index (χ1n) is 10.9. The molecule has 1 aliphatic heterocycles. The topological polar surface area (TPSA) is 44.9 Å². The summed E-state index contributed by atoms with van der Waals surface area (Å²) in [4.78, 5) is 9.12. The normalized spacial score (nSPS) is 18.2. The maximum atomic E-state index is 5.91. The summed E-state index contributed by atoms with van der Waals surface area (Å²) in [6.07, 6.45) is 6.97. The Kier molecular flexibility index (Phi) is 6.34. The molecule has 0 bridgehead atoms. The molecule has 2 aromatic carbocycles. The second kappa shape index (κ2) is 9.31. The van der Waals surface area contributed by atoms with Crippen LogP contribution in [0.2, 0.25) is 0 Å². The Labute approximate surface area is 180 Å². The van der Waals surface area contributed by atoms with Gasteiger partial charge >= 0.3 is 0 Å². The van der Waals surface area contributed by atoms with Crippen LogP contribution in [0.3, 0.4) is 0 Å². The molecule has 4 heteroatoms.